The van der Waals surface area contributed by atoms with Gasteiger partial charge in [0.15, 0.2) is 0 Å². The van der Waals surface area contributed by atoms with E-state index in [1.807, 2.05) is 6.07 Å². The summed E-state index contributed by atoms with van der Waals surface area (Å²) < 4.78 is 0. The van der Waals surface area contributed by atoms with Crippen LogP contribution in [0.15, 0.2) is 29.8 Å². The van der Waals surface area contributed by atoms with E-state index in [0.29, 0.717) is 0 Å². The first-order valence-electron chi connectivity index (χ1n) is 5.10. The van der Waals surface area contributed by atoms with Gasteiger partial charge in [0.2, 0.25) is 0 Å². The molecule has 0 amide bonds. The first kappa shape index (κ1) is 10.8. The van der Waals surface area contributed by atoms with Gasteiger partial charge in [0.1, 0.15) is 0 Å². The number of nitrogen functional groups attached to an aromatic ring is 1. The number of rotatable bonds is 3. The molecule has 0 aliphatic heterocycles. The fraction of sp³-hybridized carbons (Fsp3) is 0.385. The molecule has 0 atom stereocenters. The second-order valence-electron chi connectivity index (χ2n) is 3.84. The normalized spacial score (nSPS) is 11.8. The van der Waals surface area contributed by atoms with Gasteiger partial charge in [-0.1, -0.05) is 29.3 Å². The Morgan fingerprint density at radius 2 is 2.14 bits per heavy atom. The number of benzene rings is 1. The molecule has 0 bridgehead atoms. The molecule has 0 aliphatic rings. The lowest BCUT2D eigenvalue weighted by Crippen LogP contribution is -1.95. The lowest BCUT2D eigenvalue weighted by molar-refractivity contribution is 0.939. The minimum Gasteiger partial charge on any atom is -0.399 e. The van der Waals surface area contributed by atoms with Gasteiger partial charge in [0.25, 0.3) is 0 Å². The maximum Gasteiger partial charge on any atom is 0.0346 e. The predicted octanol–water partition coefficient (Wildman–Crippen LogP) is 3.48. The van der Waals surface area contributed by atoms with Crippen molar-refractivity contribution in [2.75, 3.05) is 5.73 Å². The molecule has 1 rings (SSSR count). The molecule has 1 aromatic carbocycles. The molecule has 0 radical (unpaired) electrons. The van der Waals surface area contributed by atoms with Crippen molar-refractivity contribution in [3.8, 4) is 0 Å². The van der Waals surface area contributed by atoms with E-state index in [0.717, 1.165) is 18.5 Å². The average molecular weight is 189 g/mol. The van der Waals surface area contributed by atoms with Crippen LogP contribution in [0.3, 0.4) is 0 Å². The largest absolute Gasteiger partial charge is 0.399 e. The molecule has 0 unspecified atom stereocenters. The number of aryl methyl sites for hydroxylation is 2. The molecule has 0 saturated heterocycles. The van der Waals surface area contributed by atoms with Crippen LogP contribution in [0.4, 0.5) is 5.69 Å². The average Bonchev–Trinajstić information content (AvgIpc) is 2.19. The fourth-order valence-corrected chi connectivity index (χ4v) is 1.43. The highest BCUT2D eigenvalue weighted by molar-refractivity contribution is 5.48. The molecule has 2 N–H and O–H groups in total. The Kier molecular flexibility index (Phi) is 3.75. The van der Waals surface area contributed by atoms with Crippen molar-refractivity contribution < 1.29 is 0 Å². The summed E-state index contributed by atoms with van der Waals surface area (Å²) in [6.45, 7) is 6.34. The van der Waals surface area contributed by atoms with Gasteiger partial charge in [-0.05, 0) is 45.2 Å². The number of allylic oxidation sites excluding steroid dienone is 2. The summed E-state index contributed by atoms with van der Waals surface area (Å²) in [7, 11) is 0. The van der Waals surface area contributed by atoms with E-state index >= 15 is 0 Å². The quantitative estimate of drug-likeness (QED) is 0.571. The number of nitrogens with two attached hydrogens (primary N) is 1. The van der Waals surface area contributed by atoms with Crippen LogP contribution in [-0.4, -0.2) is 0 Å². The minimum atomic E-state index is 0.916. The summed E-state index contributed by atoms with van der Waals surface area (Å²) >= 11 is 0. The van der Waals surface area contributed by atoms with Gasteiger partial charge < -0.3 is 5.73 Å². The van der Waals surface area contributed by atoms with E-state index in [9.17, 15) is 0 Å². The van der Waals surface area contributed by atoms with Crippen molar-refractivity contribution in [1.82, 2.24) is 0 Å². The summed E-state index contributed by atoms with van der Waals surface area (Å²) in [6, 6.07) is 6.23. The predicted molar refractivity (Wildman–Crippen MR) is 63.3 cm³/mol. The number of anilines is 1. The second-order valence-corrected chi connectivity index (χ2v) is 3.84. The van der Waals surface area contributed by atoms with E-state index < -0.39 is 0 Å². The smallest absolute Gasteiger partial charge is 0.0346 e. The fourth-order valence-electron chi connectivity index (χ4n) is 1.43. The van der Waals surface area contributed by atoms with E-state index in [4.69, 9.17) is 5.73 Å². The standard InChI is InChI=1S/C13H19N/c1-4-10(2)5-7-12-9-11(3)6-8-13(12)14/h4,6,8-9H,5,7,14H2,1-3H3/b10-4+. The summed E-state index contributed by atoms with van der Waals surface area (Å²) in [5, 5.41) is 0. The second kappa shape index (κ2) is 4.85. The van der Waals surface area contributed by atoms with Gasteiger partial charge in [-0.15, -0.1) is 0 Å². The van der Waals surface area contributed by atoms with Crippen LogP contribution in [0.1, 0.15) is 31.4 Å². The summed E-state index contributed by atoms with van der Waals surface area (Å²) in [4.78, 5) is 0. The summed E-state index contributed by atoms with van der Waals surface area (Å²) in [5.74, 6) is 0. The van der Waals surface area contributed by atoms with Crippen molar-refractivity contribution >= 4 is 5.69 Å². The minimum absolute atomic E-state index is 0.916. The Labute approximate surface area is 86.6 Å². The molecule has 0 fully saturated rings. The Morgan fingerprint density at radius 3 is 2.79 bits per heavy atom. The molecular weight excluding hydrogens is 170 g/mol. The molecule has 0 saturated carbocycles. The van der Waals surface area contributed by atoms with Crippen molar-refractivity contribution in [3.05, 3.63) is 41.0 Å². The molecule has 1 heteroatoms. The molecule has 0 spiro atoms. The van der Waals surface area contributed by atoms with Gasteiger partial charge in [-0.2, -0.15) is 0 Å². The molecule has 1 aromatic rings. The Balaban J connectivity index is 2.71. The third-order valence-corrected chi connectivity index (χ3v) is 2.58. The Morgan fingerprint density at radius 1 is 1.43 bits per heavy atom. The number of hydrogen-bond donors (Lipinski definition) is 1. The van der Waals surface area contributed by atoms with Crippen LogP contribution in [0.5, 0.6) is 0 Å². The molecule has 0 aliphatic carbocycles. The highest BCUT2D eigenvalue weighted by Gasteiger charge is 1.99. The lowest BCUT2D eigenvalue weighted by Gasteiger charge is -2.06. The van der Waals surface area contributed by atoms with Crippen LogP contribution in [-0.2, 0) is 6.42 Å². The molecule has 14 heavy (non-hydrogen) atoms. The Bertz CT molecular complexity index is 337. The topological polar surface area (TPSA) is 26.0 Å². The third-order valence-electron chi connectivity index (χ3n) is 2.58. The van der Waals surface area contributed by atoms with Gasteiger partial charge in [0, 0.05) is 5.69 Å². The van der Waals surface area contributed by atoms with Crippen molar-refractivity contribution in [1.29, 1.82) is 0 Å². The van der Waals surface area contributed by atoms with E-state index in [1.54, 1.807) is 0 Å². The highest BCUT2D eigenvalue weighted by atomic mass is 14.6. The molecule has 0 heterocycles. The number of hydrogen-bond acceptors (Lipinski definition) is 1. The van der Waals surface area contributed by atoms with Gasteiger partial charge >= 0.3 is 0 Å². The molecule has 1 nitrogen and oxygen atoms in total. The zero-order valence-corrected chi connectivity index (χ0v) is 9.30. The van der Waals surface area contributed by atoms with Crippen LogP contribution < -0.4 is 5.73 Å². The SMILES string of the molecule is C/C=C(\C)CCc1cc(C)ccc1N. The Hall–Kier alpha value is -1.24. The lowest BCUT2D eigenvalue weighted by atomic mass is 10.0. The van der Waals surface area contributed by atoms with Crippen molar-refractivity contribution in [2.45, 2.75) is 33.6 Å². The van der Waals surface area contributed by atoms with Gasteiger partial charge in [-0.3, -0.25) is 0 Å². The first-order valence-corrected chi connectivity index (χ1v) is 5.10. The maximum absolute atomic E-state index is 5.90. The highest BCUT2D eigenvalue weighted by Crippen LogP contribution is 2.17. The maximum atomic E-state index is 5.90. The van der Waals surface area contributed by atoms with Crippen LogP contribution in [0.25, 0.3) is 0 Å². The van der Waals surface area contributed by atoms with Crippen molar-refractivity contribution in [2.24, 2.45) is 0 Å². The molecular formula is C13H19N. The van der Waals surface area contributed by atoms with Crippen LogP contribution in [0.2, 0.25) is 0 Å². The van der Waals surface area contributed by atoms with Gasteiger partial charge in [-0.25, -0.2) is 0 Å². The van der Waals surface area contributed by atoms with E-state index in [1.165, 1.54) is 16.7 Å². The van der Waals surface area contributed by atoms with E-state index in [-0.39, 0.29) is 0 Å². The van der Waals surface area contributed by atoms with Crippen molar-refractivity contribution in [3.63, 3.8) is 0 Å². The van der Waals surface area contributed by atoms with Gasteiger partial charge in [0.05, 0.1) is 0 Å². The van der Waals surface area contributed by atoms with Crippen LogP contribution in [0, 0.1) is 6.92 Å². The summed E-state index contributed by atoms with van der Waals surface area (Å²) in [5.41, 5.74) is 10.8. The monoisotopic (exact) mass is 189 g/mol. The first-order chi connectivity index (χ1) is 6.63. The van der Waals surface area contributed by atoms with Crippen LogP contribution >= 0.6 is 0 Å². The van der Waals surface area contributed by atoms with E-state index in [2.05, 4.69) is 39.0 Å². The zero-order valence-electron chi connectivity index (χ0n) is 9.30. The summed E-state index contributed by atoms with van der Waals surface area (Å²) in [6.07, 6.45) is 4.31. The molecule has 0 aromatic heterocycles. The zero-order chi connectivity index (χ0) is 10.6. The third kappa shape index (κ3) is 2.91. The molecule has 76 valence electrons.